The van der Waals surface area contributed by atoms with Crippen molar-refractivity contribution in [3.8, 4) is 11.5 Å². The number of benzene rings is 1. The molecule has 8 heteroatoms. The highest BCUT2D eigenvalue weighted by Crippen LogP contribution is 2.30. The van der Waals surface area contributed by atoms with Crippen molar-refractivity contribution < 1.29 is 14.3 Å². The first kappa shape index (κ1) is 17.2. The van der Waals surface area contributed by atoms with Crippen LogP contribution >= 0.6 is 11.8 Å². The fourth-order valence-corrected chi connectivity index (χ4v) is 4.34. The van der Waals surface area contributed by atoms with Crippen LogP contribution < -0.4 is 14.5 Å². The van der Waals surface area contributed by atoms with E-state index in [4.69, 9.17) is 9.47 Å². The first-order valence-corrected chi connectivity index (χ1v) is 9.90. The maximum Gasteiger partial charge on any atom is 0.244 e. The minimum absolute atomic E-state index is 0.125. The molecule has 0 spiro atoms. The number of carbonyl (C=O) groups excluding carboxylic acids is 1. The van der Waals surface area contributed by atoms with Crippen LogP contribution in [0.15, 0.2) is 29.4 Å². The summed E-state index contributed by atoms with van der Waals surface area (Å²) >= 11 is 1.62. The van der Waals surface area contributed by atoms with Gasteiger partial charge in [0.05, 0.1) is 13.7 Å². The molecule has 2 aromatic rings. The van der Waals surface area contributed by atoms with Gasteiger partial charge < -0.3 is 9.47 Å². The van der Waals surface area contributed by atoms with Crippen LogP contribution in [-0.2, 0) is 11.4 Å². The number of hydrogen-bond donors (Lipinski definition) is 0. The molecule has 4 rings (SSSR count). The Morgan fingerprint density at radius 2 is 2.08 bits per heavy atom. The molecule has 0 N–H and O–H groups in total. The molecule has 0 bridgehead atoms. The number of amides is 1. The normalized spacial score (nSPS) is 17.2. The maximum absolute atomic E-state index is 13.0. The molecule has 138 valence electrons. The van der Waals surface area contributed by atoms with E-state index in [2.05, 4.69) is 10.2 Å². The lowest BCUT2D eigenvalue weighted by molar-refractivity contribution is -0.124. The van der Waals surface area contributed by atoms with E-state index in [1.54, 1.807) is 18.9 Å². The smallest absolute Gasteiger partial charge is 0.244 e. The molecule has 0 saturated heterocycles. The number of ether oxygens (including phenoxy) is 2. The fourth-order valence-electron chi connectivity index (χ4n) is 3.47. The summed E-state index contributed by atoms with van der Waals surface area (Å²) in [6.07, 6.45) is 4.24. The molecule has 26 heavy (non-hydrogen) atoms. The van der Waals surface area contributed by atoms with Gasteiger partial charge in [0.1, 0.15) is 18.1 Å². The highest BCUT2D eigenvalue weighted by atomic mass is 32.2. The number of nitrogens with zero attached hydrogens (tertiary/aromatic N) is 4. The SMILES string of the molecule is COc1cccc(OCc2nnc3n2N(C(=O)C2CCCC2)CCS3)c1. The Hall–Kier alpha value is -2.22. The largest absolute Gasteiger partial charge is 0.497 e. The van der Waals surface area contributed by atoms with E-state index in [0.29, 0.717) is 18.1 Å². The molecule has 1 amide bonds. The van der Waals surface area contributed by atoms with Gasteiger partial charge in [0.2, 0.25) is 11.1 Å². The number of fused-ring (bicyclic) bond motifs is 1. The third-order valence-corrected chi connectivity index (χ3v) is 5.72. The Labute approximate surface area is 156 Å². The molecule has 0 unspecified atom stereocenters. The number of aromatic nitrogens is 3. The van der Waals surface area contributed by atoms with Crippen molar-refractivity contribution in [3.63, 3.8) is 0 Å². The molecule has 1 aromatic heterocycles. The van der Waals surface area contributed by atoms with Crippen molar-refractivity contribution in [2.75, 3.05) is 24.4 Å². The van der Waals surface area contributed by atoms with E-state index >= 15 is 0 Å². The van der Waals surface area contributed by atoms with Gasteiger partial charge in [-0.15, -0.1) is 10.2 Å². The third-order valence-electron chi connectivity index (χ3n) is 4.82. The summed E-state index contributed by atoms with van der Waals surface area (Å²) in [5, 5.41) is 11.1. The van der Waals surface area contributed by atoms with Crippen LogP contribution in [0, 0.1) is 5.92 Å². The van der Waals surface area contributed by atoms with Gasteiger partial charge in [-0.3, -0.25) is 4.79 Å². The molecule has 1 aliphatic heterocycles. The fraction of sp³-hybridized carbons (Fsp3) is 0.500. The second-order valence-corrected chi connectivity index (χ2v) is 7.53. The van der Waals surface area contributed by atoms with Crippen molar-refractivity contribution in [2.24, 2.45) is 5.92 Å². The van der Waals surface area contributed by atoms with E-state index in [1.165, 1.54) is 0 Å². The Morgan fingerprint density at radius 1 is 1.27 bits per heavy atom. The zero-order valence-corrected chi connectivity index (χ0v) is 15.6. The van der Waals surface area contributed by atoms with Gasteiger partial charge in [0.25, 0.3) is 0 Å². The standard InChI is InChI=1S/C18H22N4O3S/c1-24-14-7-4-8-15(11-14)25-12-16-19-20-18-22(16)21(9-10-26-18)17(23)13-5-2-3-6-13/h4,7-8,11,13H,2-3,5-6,9-10,12H2,1H3. The summed E-state index contributed by atoms with van der Waals surface area (Å²) in [6, 6.07) is 7.43. The molecule has 7 nitrogen and oxygen atoms in total. The van der Waals surface area contributed by atoms with Crippen molar-refractivity contribution in [3.05, 3.63) is 30.1 Å². The second kappa shape index (κ2) is 7.57. The number of thioether (sulfide) groups is 1. The van der Waals surface area contributed by atoms with Crippen LogP contribution in [0.3, 0.4) is 0 Å². The summed E-state index contributed by atoms with van der Waals surface area (Å²) < 4.78 is 12.9. The van der Waals surface area contributed by atoms with E-state index < -0.39 is 0 Å². The van der Waals surface area contributed by atoms with Crippen molar-refractivity contribution in [2.45, 2.75) is 37.4 Å². The van der Waals surface area contributed by atoms with Crippen molar-refractivity contribution in [1.29, 1.82) is 0 Å². The van der Waals surface area contributed by atoms with Crippen molar-refractivity contribution >= 4 is 17.7 Å². The van der Waals surface area contributed by atoms with Gasteiger partial charge >= 0.3 is 0 Å². The zero-order chi connectivity index (χ0) is 17.9. The average Bonchev–Trinajstić information content (AvgIpc) is 3.36. The van der Waals surface area contributed by atoms with E-state index in [1.807, 2.05) is 34.0 Å². The summed E-state index contributed by atoms with van der Waals surface area (Å²) in [5.74, 6) is 3.22. The topological polar surface area (TPSA) is 69.5 Å². The second-order valence-electron chi connectivity index (χ2n) is 6.47. The van der Waals surface area contributed by atoms with Gasteiger partial charge in [0, 0.05) is 17.7 Å². The zero-order valence-electron chi connectivity index (χ0n) is 14.8. The monoisotopic (exact) mass is 374 g/mol. The summed E-state index contributed by atoms with van der Waals surface area (Å²) in [7, 11) is 1.62. The van der Waals surface area contributed by atoms with Crippen LogP contribution in [0.1, 0.15) is 31.5 Å². The van der Waals surface area contributed by atoms with Gasteiger partial charge in [-0.05, 0) is 25.0 Å². The lowest BCUT2D eigenvalue weighted by Gasteiger charge is -2.31. The van der Waals surface area contributed by atoms with Gasteiger partial charge in [-0.2, -0.15) is 0 Å². The lowest BCUT2D eigenvalue weighted by atomic mass is 10.1. The van der Waals surface area contributed by atoms with E-state index in [0.717, 1.165) is 42.3 Å². The number of rotatable bonds is 5. The first-order valence-electron chi connectivity index (χ1n) is 8.92. The van der Waals surface area contributed by atoms with Gasteiger partial charge in [-0.25, -0.2) is 9.69 Å². The predicted octanol–water partition coefficient (Wildman–Crippen LogP) is 2.63. The summed E-state index contributed by atoms with van der Waals surface area (Å²) in [5.41, 5.74) is 0. The lowest BCUT2D eigenvalue weighted by Crippen LogP contribution is -2.48. The molecule has 1 aromatic carbocycles. The minimum Gasteiger partial charge on any atom is -0.497 e. The third kappa shape index (κ3) is 3.38. The molecule has 0 atom stereocenters. The Kier molecular flexibility index (Phi) is 5.01. The van der Waals surface area contributed by atoms with Crippen LogP contribution in [0.2, 0.25) is 0 Å². The van der Waals surface area contributed by atoms with E-state index in [9.17, 15) is 4.79 Å². The number of methoxy groups -OCH3 is 1. The molecule has 2 aliphatic rings. The maximum atomic E-state index is 13.0. The quantitative estimate of drug-likeness (QED) is 0.801. The number of carbonyl (C=O) groups is 1. The van der Waals surface area contributed by atoms with E-state index in [-0.39, 0.29) is 18.4 Å². The van der Waals surface area contributed by atoms with Crippen LogP contribution in [0.4, 0.5) is 0 Å². The summed E-state index contributed by atoms with van der Waals surface area (Å²) in [6.45, 7) is 0.923. The Morgan fingerprint density at radius 3 is 2.88 bits per heavy atom. The molecule has 1 aliphatic carbocycles. The first-order chi connectivity index (χ1) is 12.8. The Balaban J connectivity index is 1.53. The average molecular weight is 374 g/mol. The van der Waals surface area contributed by atoms with Gasteiger partial charge in [-0.1, -0.05) is 30.7 Å². The molecule has 0 radical (unpaired) electrons. The minimum atomic E-state index is 0.125. The Bertz CT molecular complexity index is 788. The molecule has 1 fully saturated rings. The number of hydrogen-bond acceptors (Lipinski definition) is 6. The molecule has 1 saturated carbocycles. The van der Waals surface area contributed by atoms with Crippen LogP contribution in [0.5, 0.6) is 11.5 Å². The summed E-state index contributed by atoms with van der Waals surface area (Å²) in [4.78, 5) is 13.0. The van der Waals surface area contributed by atoms with Gasteiger partial charge in [0.15, 0.2) is 5.82 Å². The highest BCUT2D eigenvalue weighted by molar-refractivity contribution is 7.99. The van der Waals surface area contributed by atoms with Crippen LogP contribution in [-0.4, -0.2) is 40.2 Å². The predicted molar refractivity (Wildman–Crippen MR) is 98.1 cm³/mol. The molecular formula is C18H22N4O3S. The molecular weight excluding hydrogens is 352 g/mol. The van der Waals surface area contributed by atoms with Crippen molar-refractivity contribution in [1.82, 2.24) is 14.9 Å². The highest BCUT2D eigenvalue weighted by Gasteiger charge is 2.33. The van der Waals surface area contributed by atoms with Crippen LogP contribution in [0.25, 0.3) is 0 Å². The molecule has 2 heterocycles.